The summed E-state index contributed by atoms with van der Waals surface area (Å²) < 4.78 is 32.5. The second kappa shape index (κ2) is 6.27. The number of benzene rings is 1. The van der Waals surface area contributed by atoms with Gasteiger partial charge in [0.2, 0.25) is 10.0 Å². The molecule has 116 valence electrons. The van der Waals surface area contributed by atoms with Gasteiger partial charge in [-0.2, -0.15) is 0 Å². The molecule has 0 aliphatic carbocycles. The second-order valence-electron chi connectivity index (χ2n) is 4.83. The summed E-state index contributed by atoms with van der Waals surface area (Å²) in [4.78, 5) is 9.82. The summed E-state index contributed by atoms with van der Waals surface area (Å²) in [5, 5.41) is 11.1. The van der Waals surface area contributed by atoms with Crippen molar-refractivity contribution in [1.82, 2.24) is 4.72 Å². The molecular weight excluding hydrogens is 320 g/mol. The summed E-state index contributed by atoms with van der Waals surface area (Å²) in [5.74, 6) is 0. The molecule has 21 heavy (non-hydrogen) atoms. The van der Waals surface area contributed by atoms with Crippen LogP contribution in [0, 0.1) is 10.1 Å². The van der Waals surface area contributed by atoms with Gasteiger partial charge in [-0.05, 0) is 31.9 Å². The summed E-state index contributed by atoms with van der Waals surface area (Å²) in [6.07, 6.45) is 1.41. The molecule has 0 unspecified atom stereocenters. The number of hydrogen-bond donors (Lipinski definition) is 1. The maximum Gasteiger partial charge on any atom is 0.290 e. The van der Waals surface area contributed by atoms with Gasteiger partial charge in [0.1, 0.15) is 0 Å². The van der Waals surface area contributed by atoms with Crippen LogP contribution in [0.3, 0.4) is 0 Å². The van der Waals surface area contributed by atoms with Crippen molar-refractivity contribution in [2.75, 3.05) is 6.61 Å². The first kappa shape index (κ1) is 16.2. The van der Waals surface area contributed by atoms with Crippen LogP contribution in [0.2, 0.25) is 5.02 Å². The Balaban J connectivity index is 2.29. The Hall–Kier alpha value is -1.22. The molecule has 1 N–H and O–H groups in total. The second-order valence-corrected chi connectivity index (χ2v) is 6.95. The van der Waals surface area contributed by atoms with Crippen molar-refractivity contribution in [3.05, 3.63) is 33.3 Å². The summed E-state index contributed by atoms with van der Waals surface area (Å²) >= 11 is 5.68. The van der Waals surface area contributed by atoms with E-state index in [2.05, 4.69) is 4.72 Å². The van der Waals surface area contributed by atoms with Gasteiger partial charge in [0, 0.05) is 23.7 Å². The average molecular weight is 335 g/mol. The van der Waals surface area contributed by atoms with E-state index in [9.17, 15) is 18.5 Å². The predicted molar refractivity (Wildman–Crippen MR) is 76.9 cm³/mol. The fraction of sp³-hybridized carbons (Fsp3) is 0.500. The third kappa shape index (κ3) is 3.70. The largest absolute Gasteiger partial charge is 0.377 e. The number of nitro benzene ring substituents is 1. The van der Waals surface area contributed by atoms with Crippen molar-refractivity contribution >= 4 is 27.3 Å². The maximum absolute atomic E-state index is 12.3. The highest BCUT2D eigenvalue weighted by Gasteiger charge is 2.31. The number of nitrogens with zero attached hydrogens (tertiary/aromatic N) is 1. The number of rotatable bonds is 5. The van der Waals surface area contributed by atoms with Crippen molar-refractivity contribution in [3.8, 4) is 0 Å². The first-order valence-corrected chi connectivity index (χ1v) is 8.25. The van der Waals surface area contributed by atoms with Gasteiger partial charge >= 0.3 is 0 Å². The molecule has 1 fully saturated rings. The van der Waals surface area contributed by atoms with E-state index in [4.69, 9.17) is 16.3 Å². The molecule has 0 saturated carbocycles. The predicted octanol–water partition coefficient (Wildman–Crippen LogP) is 2.09. The maximum atomic E-state index is 12.3. The number of hydrogen-bond acceptors (Lipinski definition) is 5. The number of nitro groups is 1. The smallest absolute Gasteiger partial charge is 0.290 e. The van der Waals surface area contributed by atoms with Gasteiger partial charge in [-0.3, -0.25) is 10.1 Å². The van der Waals surface area contributed by atoms with Crippen LogP contribution in [-0.2, 0) is 14.8 Å². The van der Waals surface area contributed by atoms with Crippen molar-refractivity contribution in [2.45, 2.75) is 36.8 Å². The van der Waals surface area contributed by atoms with E-state index in [-0.39, 0.29) is 11.1 Å². The normalized spacial score (nSPS) is 20.4. The lowest BCUT2D eigenvalue weighted by Crippen LogP contribution is -2.40. The zero-order valence-electron chi connectivity index (χ0n) is 11.3. The summed E-state index contributed by atoms with van der Waals surface area (Å²) in [5.41, 5.74) is -0.547. The van der Waals surface area contributed by atoms with E-state index in [1.807, 2.05) is 0 Å². The third-order valence-corrected chi connectivity index (χ3v) is 5.11. The Morgan fingerprint density at radius 3 is 2.81 bits per heavy atom. The van der Waals surface area contributed by atoms with Crippen LogP contribution in [0.5, 0.6) is 0 Å². The molecular formula is C12H15ClN2O5S. The molecule has 0 spiro atoms. The fourth-order valence-electron chi connectivity index (χ4n) is 2.24. The fourth-order valence-corrected chi connectivity index (χ4v) is 3.83. The molecule has 7 nitrogen and oxygen atoms in total. The van der Waals surface area contributed by atoms with Gasteiger partial charge in [-0.25, -0.2) is 13.1 Å². The Labute approximate surface area is 127 Å². The molecule has 0 aromatic heterocycles. The molecule has 0 bridgehead atoms. The standard InChI is InChI=1S/C12H15ClN2O5S/c1-8(11-3-2-6-20-11)14-21(18,19)12-5-4-9(13)7-10(12)15(16)17/h4-5,7-8,11,14H,2-3,6H2,1H3/t8-,11-/m1/s1. The first-order chi connectivity index (χ1) is 9.81. The minimum absolute atomic E-state index is 0.104. The van der Waals surface area contributed by atoms with E-state index in [0.717, 1.165) is 25.0 Å². The molecule has 1 heterocycles. The highest BCUT2D eigenvalue weighted by Crippen LogP contribution is 2.27. The van der Waals surface area contributed by atoms with Gasteiger partial charge in [-0.15, -0.1) is 0 Å². The lowest BCUT2D eigenvalue weighted by atomic mass is 10.1. The molecule has 1 aliphatic rings. The third-order valence-electron chi connectivity index (χ3n) is 3.27. The van der Waals surface area contributed by atoms with E-state index in [1.54, 1.807) is 6.92 Å². The topological polar surface area (TPSA) is 98.5 Å². The van der Waals surface area contributed by atoms with Gasteiger partial charge in [-0.1, -0.05) is 11.6 Å². The van der Waals surface area contributed by atoms with E-state index < -0.39 is 31.6 Å². The molecule has 2 atom stereocenters. The summed E-state index contributed by atoms with van der Waals surface area (Å²) in [6.45, 7) is 2.27. The highest BCUT2D eigenvalue weighted by atomic mass is 35.5. The Kier molecular flexibility index (Phi) is 4.82. The van der Waals surface area contributed by atoms with Crippen LogP contribution in [-0.4, -0.2) is 32.1 Å². The highest BCUT2D eigenvalue weighted by molar-refractivity contribution is 7.89. The van der Waals surface area contributed by atoms with Crippen LogP contribution < -0.4 is 4.72 Å². The van der Waals surface area contributed by atoms with Crippen LogP contribution in [0.15, 0.2) is 23.1 Å². The van der Waals surface area contributed by atoms with E-state index in [0.29, 0.717) is 6.61 Å². The first-order valence-electron chi connectivity index (χ1n) is 6.39. The van der Waals surface area contributed by atoms with Crippen molar-refractivity contribution in [1.29, 1.82) is 0 Å². The van der Waals surface area contributed by atoms with Crippen molar-refractivity contribution < 1.29 is 18.1 Å². The lowest BCUT2D eigenvalue weighted by molar-refractivity contribution is -0.387. The summed E-state index contributed by atoms with van der Waals surface area (Å²) in [6, 6.07) is 2.99. The number of sulfonamides is 1. The zero-order chi connectivity index (χ0) is 15.6. The Morgan fingerprint density at radius 2 is 2.24 bits per heavy atom. The molecule has 0 radical (unpaired) electrons. The number of halogens is 1. The van der Waals surface area contributed by atoms with Gasteiger partial charge in [0.15, 0.2) is 4.90 Å². The van der Waals surface area contributed by atoms with Crippen LogP contribution in [0.4, 0.5) is 5.69 Å². The number of ether oxygens (including phenoxy) is 1. The van der Waals surface area contributed by atoms with Crippen LogP contribution in [0.25, 0.3) is 0 Å². The molecule has 1 aromatic carbocycles. The molecule has 1 aromatic rings. The molecule has 1 saturated heterocycles. The van der Waals surface area contributed by atoms with Crippen molar-refractivity contribution in [2.24, 2.45) is 0 Å². The monoisotopic (exact) mass is 334 g/mol. The van der Waals surface area contributed by atoms with Crippen LogP contribution in [0.1, 0.15) is 19.8 Å². The minimum Gasteiger partial charge on any atom is -0.377 e. The Morgan fingerprint density at radius 1 is 1.52 bits per heavy atom. The van der Waals surface area contributed by atoms with Crippen LogP contribution >= 0.6 is 11.6 Å². The molecule has 2 rings (SSSR count). The Bertz CT molecular complexity index is 643. The average Bonchev–Trinajstić information content (AvgIpc) is 2.91. The quantitative estimate of drug-likeness (QED) is 0.656. The van der Waals surface area contributed by atoms with Crippen molar-refractivity contribution in [3.63, 3.8) is 0 Å². The minimum atomic E-state index is -4.02. The van der Waals surface area contributed by atoms with Gasteiger partial charge in [0.25, 0.3) is 5.69 Å². The molecule has 9 heteroatoms. The molecule has 0 amide bonds. The zero-order valence-corrected chi connectivity index (χ0v) is 12.9. The van der Waals surface area contributed by atoms with E-state index in [1.165, 1.54) is 6.07 Å². The lowest BCUT2D eigenvalue weighted by Gasteiger charge is -2.19. The molecule has 1 aliphatic heterocycles. The number of nitrogens with one attached hydrogen (secondary N) is 1. The van der Waals surface area contributed by atoms with Gasteiger partial charge in [0.05, 0.1) is 11.0 Å². The van der Waals surface area contributed by atoms with Gasteiger partial charge < -0.3 is 4.74 Å². The summed E-state index contributed by atoms with van der Waals surface area (Å²) in [7, 11) is -4.02. The SMILES string of the molecule is C[C@@H](NS(=O)(=O)c1ccc(Cl)cc1[N+](=O)[O-])[C@H]1CCCO1. The van der Waals surface area contributed by atoms with E-state index >= 15 is 0 Å².